The molecule has 1 heterocycles. The van der Waals surface area contributed by atoms with Crippen molar-refractivity contribution in [2.24, 2.45) is 0 Å². The lowest BCUT2D eigenvalue weighted by Gasteiger charge is -2.23. The fourth-order valence-electron chi connectivity index (χ4n) is 2.08. The number of sulfonamides is 1. The first kappa shape index (κ1) is 18.6. The van der Waals surface area contributed by atoms with Gasteiger partial charge in [0.25, 0.3) is 0 Å². The zero-order chi connectivity index (χ0) is 16.0. The molecule has 0 fully saturated rings. The summed E-state index contributed by atoms with van der Waals surface area (Å²) in [6.07, 6.45) is 0. The van der Waals surface area contributed by atoms with Gasteiger partial charge in [0, 0.05) is 18.7 Å². The fraction of sp³-hybridized carbons (Fsp3) is 0.692. The van der Waals surface area contributed by atoms with E-state index in [9.17, 15) is 8.42 Å². The summed E-state index contributed by atoms with van der Waals surface area (Å²) in [5.74, 6) is 0.571. The number of nitrogens with zero attached hydrogens (tertiary/aromatic N) is 1. The van der Waals surface area contributed by atoms with Crippen molar-refractivity contribution in [1.29, 1.82) is 0 Å². The molecule has 0 amide bonds. The maximum absolute atomic E-state index is 12.4. The molecule has 0 aliphatic heterocycles. The standard InChI is InChI=1S/C13H24BrN3O3S/c1-5-17(6-2)9-10(3)16-21(18,19)12-7-11(8-15-4)20-13(12)14/h7,10,15-16H,5-6,8-9H2,1-4H3. The molecule has 1 aromatic heterocycles. The summed E-state index contributed by atoms with van der Waals surface area (Å²) in [5.41, 5.74) is 0. The van der Waals surface area contributed by atoms with Crippen LogP contribution in [0.4, 0.5) is 0 Å². The van der Waals surface area contributed by atoms with Crippen LogP contribution in [0.15, 0.2) is 20.0 Å². The lowest BCUT2D eigenvalue weighted by atomic mass is 10.3. The van der Waals surface area contributed by atoms with Crippen LogP contribution in [0.2, 0.25) is 0 Å². The lowest BCUT2D eigenvalue weighted by molar-refractivity contribution is 0.282. The van der Waals surface area contributed by atoms with Gasteiger partial charge in [-0.2, -0.15) is 0 Å². The third-order valence-electron chi connectivity index (χ3n) is 3.13. The highest BCUT2D eigenvalue weighted by molar-refractivity contribution is 9.10. The van der Waals surface area contributed by atoms with Gasteiger partial charge in [-0.25, -0.2) is 13.1 Å². The average molecular weight is 382 g/mol. The van der Waals surface area contributed by atoms with E-state index in [1.165, 1.54) is 6.07 Å². The van der Waals surface area contributed by atoms with Crippen molar-refractivity contribution in [3.63, 3.8) is 0 Å². The van der Waals surface area contributed by atoms with E-state index in [1.807, 2.05) is 6.92 Å². The van der Waals surface area contributed by atoms with Gasteiger partial charge in [0.15, 0.2) is 4.67 Å². The minimum atomic E-state index is -3.59. The molecule has 0 aromatic carbocycles. The van der Waals surface area contributed by atoms with E-state index in [4.69, 9.17) is 4.42 Å². The van der Waals surface area contributed by atoms with E-state index < -0.39 is 10.0 Å². The molecular formula is C13H24BrN3O3S. The Bertz CT molecular complexity index is 541. The summed E-state index contributed by atoms with van der Waals surface area (Å²) >= 11 is 3.17. The van der Waals surface area contributed by atoms with Gasteiger partial charge >= 0.3 is 0 Å². The molecule has 1 unspecified atom stereocenters. The van der Waals surface area contributed by atoms with Crippen molar-refractivity contribution in [2.45, 2.75) is 38.3 Å². The number of hydrogen-bond donors (Lipinski definition) is 2. The summed E-state index contributed by atoms with van der Waals surface area (Å²) in [7, 11) is -1.82. The summed E-state index contributed by atoms with van der Waals surface area (Å²) in [4.78, 5) is 2.31. The minimum Gasteiger partial charge on any atom is -0.452 e. The Morgan fingerprint density at radius 3 is 2.52 bits per heavy atom. The maximum atomic E-state index is 12.4. The highest BCUT2D eigenvalue weighted by atomic mass is 79.9. The second-order valence-electron chi connectivity index (χ2n) is 4.89. The molecular weight excluding hydrogens is 358 g/mol. The summed E-state index contributed by atoms with van der Waals surface area (Å²) in [6, 6.07) is 1.36. The van der Waals surface area contributed by atoms with Gasteiger partial charge in [-0.15, -0.1) is 0 Å². The molecule has 0 radical (unpaired) electrons. The third kappa shape index (κ3) is 5.37. The van der Waals surface area contributed by atoms with Gasteiger partial charge in [0.1, 0.15) is 10.7 Å². The molecule has 1 aromatic rings. The van der Waals surface area contributed by atoms with Gasteiger partial charge in [-0.05, 0) is 43.0 Å². The zero-order valence-electron chi connectivity index (χ0n) is 12.9. The van der Waals surface area contributed by atoms with E-state index in [0.717, 1.165) is 13.1 Å². The highest BCUT2D eigenvalue weighted by Crippen LogP contribution is 2.26. The van der Waals surface area contributed by atoms with Crippen LogP contribution >= 0.6 is 15.9 Å². The van der Waals surface area contributed by atoms with Crippen LogP contribution in [0, 0.1) is 0 Å². The summed E-state index contributed by atoms with van der Waals surface area (Å²) in [6.45, 7) is 8.91. The molecule has 0 aliphatic carbocycles. The van der Waals surface area contributed by atoms with E-state index in [0.29, 0.717) is 18.8 Å². The van der Waals surface area contributed by atoms with E-state index in [-0.39, 0.29) is 15.6 Å². The average Bonchev–Trinajstić information content (AvgIpc) is 2.77. The van der Waals surface area contributed by atoms with Crippen LogP contribution < -0.4 is 10.0 Å². The first-order chi connectivity index (χ1) is 9.83. The second-order valence-corrected chi connectivity index (χ2v) is 7.29. The number of likely N-dealkylation sites (N-methyl/N-ethyl adjacent to an activating group) is 1. The first-order valence-corrected chi connectivity index (χ1v) is 9.29. The molecule has 6 nitrogen and oxygen atoms in total. The topological polar surface area (TPSA) is 74.6 Å². The quantitative estimate of drug-likeness (QED) is 0.681. The van der Waals surface area contributed by atoms with E-state index >= 15 is 0 Å². The fourth-order valence-corrected chi connectivity index (χ4v) is 4.31. The molecule has 2 N–H and O–H groups in total. The van der Waals surface area contributed by atoms with Crippen molar-refractivity contribution in [3.8, 4) is 0 Å². The molecule has 1 rings (SSSR count). The Morgan fingerprint density at radius 2 is 2.00 bits per heavy atom. The van der Waals surface area contributed by atoms with Crippen LogP contribution in [0.3, 0.4) is 0 Å². The molecule has 0 saturated carbocycles. The molecule has 21 heavy (non-hydrogen) atoms. The van der Waals surface area contributed by atoms with E-state index in [2.05, 4.69) is 44.7 Å². The van der Waals surface area contributed by atoms with Crippen LogP contribution in [0.5, 0.6) is 0 Å². The van der Waals surface area contributed by atoms with Crippen molar-refractivity contribution < 1.29 is 12.8 Å². The molecule has 0 saturated heterocycles. The van der Waals surface area contributed by atoms with Crippen LogP contribution in [0.25, 0.3) is 0 Å². The van der Waals surface area contributed by atoms with Gasteiger partial charge < -0.3 is 14.6 Å². The Kier molecular flexibility index (Phi) is 7.35. The van der Waals surface area contributed by atoms with Crippen molar-refractivity contribution in [3.05, 3.63) is 16.5 Å². The lowest BCUT2D eigenvalue weighted by Crippen LogP contribution is -2.41. The van der Waals surface area contributed by atoms with Crippen molar-refractivity contribution >= 4 is 26.0 Å². The van der Waals surface area contributed by atoms with E-state index in [1.54, 1.807) is 7.05 Å². The van der Waals surface area contributed by atoms with Gasteiger partial charge in [0.05, 0.1) is 6.54 Å². The number of halogens is 1. The minimum absolute atomic E-state index is 0.138. The Labute approximate surface area is 135 Å². The predicted molar refractivity (Wildman–Crippen MR) is 86.7 cm³/mol. The van der Waals surface area contributed by atoms with Gasteiger partial charge in [-0.1, -0.05) is 13.8 Å². The number of furan rings is 1. The monoisotopic (exact) mass is 381 g/mol. The third-order valence-corrected chi connectivity index (χ3v) is 5.58. The second kappa shape index (κ2) is 8.28. The molecule has 0 bridgehead atoms. The molecule has 122 valence electrons. The largest absolute Gasteiger partial charge is 0.452 e. The Balaban J connectivity index is 2.81. The summed E-state index contributed by atoms with van der Waals surface area (Å²) < 4.78 is 33.1. The molecule has 0 aliphatic rings. The number of hydrogen-bond acceptors (Lipinski definition) is 5. The Hall–Kier alpha value is -0.410. The van der Waals surface area contributed by atoms with Crippen LogP contribution in [0.1, 0.15) is 26.5 Å². The Morgan fingerprint density at radius 1 is 1.38 bits per heavy atom. The highest BCUT2D eigenvalue weighted by Gasteiger charge is 2.24. The van der Waals surface area contributed by atoms with Gasteiger partial charge in [0.2, 0.25) is 10.0 Å². The number of rotatable bonds is 9. The van der Waals surface area contributed by atoms with Crippen LogP contribution in [-0.2, 0) is 16.6 Å². The molecule has 8 heteroatoms. The van der Waals surface area contributed by atoms with Crippen LogP contribution in [-0.4, -0.2) is 46.0 Å². The maximum Gasteiger partial charge on any atom is 0.245 e. The normalized spacial score (nSPS) is 13.8. The summed E-state index contributed by atoms with van der Waals surface area (Å²) in [5, 5.41) is 2.92. The van der Waals surface area contributed by atoms with Gasteiger partial charge in [-0.3, -0.25) is 0 Å². The van der Waals surface area contributed by atoms with Crippen molar-refractivity contribution in [2.75, 3.05) is 26.7 Å². The molecule has 0 spiro atoms. The van der Waals surface area contributed by atoms with Crippen molar-refractivity contribution in [1.82, 2.24) is 14.9 Å². The number of nitrogens with one attached hydrogen (secondary N) is 2. The predicted octanol–water partition coefficient (Wildman–Crippen LogP) is 1.77. The molecule has 1 atom stereocenters. The first-order valence-electron chi connectivity index (χ1n) is 7.01. The smallest absolute Gasteiger partial charge is 0.245 e. The SMILES string of the molecule is CCN(CC)CC(C)NS(=O)(=O)c1cc(CNC)oc1Br. The zero-order valence-corrected chi connectivity index (χ0v) is 15.3.